The molecule has 8 heteroatoms. The van der Waals surface area contributed by atoms with Crippen LogP contribution in [0.25, 0.3) is 11.3 Å². The molecule has 1 heterocycles. The number of rotatable bonds is 10. The molecule has 0 bridgehead atoms. The lowest BCUT2D eigenvalue weighted by Gasteiger charge is -2.23. The summed E-state index contributed by atoms with van der Waals surface area (Å²) in [6.45, 7) is 17.4. The number of ether oxygens (including phenoxy) is 2. The van der Waals surface area contributed by atoms with Gasteiger partial charge in [-0.1, -0.05) is 59.8 Å². The second-order valence-electron chi connectivity index (χ2n) is 10.0. The lowest BCUT2D eigenvalue weighted by Crippen LogP contribution is -2.36. The molecule has 0 aliphatic carbocycles. The van der Waals surface area contributed by atoms with Gasteiger partial charge < -0.3 is 19.4 Å². The van der Waals surface area contributed by atoms with Gasteiger partial charge >= 0.3 is 6.09 Å². The minimum absolute atomic E-state index is 0.362. The number of nitrogens with one attached hydrogen (secondary N) is 1. The molecule has 1 aromatic carbocycles. The quantitative estimate of drug-likeness (QED) is 0.213. The van der Waals surface area contributed by atoms with E-state index in [2.05, 4.69) is 47.5 Å². The van der Waals surface area contributed by atoms with Crippen LogP contribution in [0.2, 0.25) is 25.7 Å². The first-order valence-electron chi connectivity index (χ1n) is 10.9. The molecule has 6 nitrogen and oxygen atoms in total. The number of carbonyl (C=O) groups is 1. The van der Waals surface area contributed by atoms with Crippen molar-refractivity contribution in [2.24, 2.45) is 0 Å². The highest BCUT2D eigenvalue weighted by atomic mass is 79.9. The Labute approximate surface area is 201 Å². The van der Waals surface area contributed by atoms with Crippen molar-refractivity contribution in [3.63, 3.8) is 0 Å². The average Bonchev–Trinajstić information content (AvgIpc) is 3.07. The van der Waals surface area contributed by atoms with Gasteiger partial charge in [-0.3, -0.25) is 0 Å². The van der Waals surface area contributed by atoms with Gasteiger partial charge in [0.2, 0.25) is 0 Å². The summed E-state index contributed by atoms with van der Waals surface area (Å²) in [7, 11) is -1.19. The third-order valence-electron chi connectivity index (χ3n) is 4.59. The van der Waals surface area contributed by atoms with Crippen LogP contribution in [0.5, 0.6) is 0 Å². The zero-order chi connectivity index (χ0) is 23.9. The first-order chi connectivity index (χ1) is 14.9. The highest BCUT2D eigenvalue weighted by Gasteiger charge is 2.24. The van der Waals surface area contributed by atoms with E-state index in [-0.39, 0.29) is 6.04 Å². The summed E-state index contributed by atoms with van der Waals surface area (Å²) in [4.78, 5) is 17.4. The number of amides is 1. The van der Waals surface area contributed by atoms with Crippen LogP contribution in [0.3, 0.4) is 0 Å². The third-order valence-corrected chi connectivity index (χ3v) is 6.98. The molecule has 32 heavy (non-hydrogen) atoms. The molecule has 0 aliphatic rings. The Morgan fingerprint density at radius 1 is 1.31 bits per heavy atom. The van der Waals surface area contributed by atoms with Crippen molar-refractivity contribution in [1.29, 1.82) is 0 Å². The molecule has 1 N–H and O–H groups in total. The first kappa shape index (κ1) is 26.4. The van der Waals surface area contributed by atoms with Crippen LogP contribution < -0.4 is 5.32 Å². The summed E-state index contributed by atoms with van der Waals surface area (Å²) >= 11 is 3.61. The topological polar surface area (TPSA) is 65.4 Å². The van der Waals surface area contributed by atoms with Crippen molar-refractivity contribution in [3.8, 4) is 11.3 Å². The summed E-state index contributed by atoms with van der Waals surface area (Å²) in [5.41, 5.74) is 1.20. The fourth-order valence-corrected chi connectivity index (χ4v) is 4.24. The van der Waals surface area contributed by atoms with E-state index in [1.165, 1.54) is 0 Å². The largest absolute Gasteiger partial charge is 0.444 e. The second-order valence-corrected chi connectivity index (χ2v) is 16.5. The zero-order valence-corrected chi connectivity index (χ0v) is 22.7. The fourth-order valence-electron chi connectivity index (χ4n) is 3.00. The second kappa shape index (κ2) is 11.3. The Hall–Kier alpha value is -1.90. The third kappa shape index (κ3) is 8.56. The highest BCUT2D eigenvalue weighted by molar-refractivity contribution is 9.10. The van der Waals surface area contributed by atoms with Crippen LogP contribution in [-0.2, 0) is 16.2 Å². The number of aromatic nitrogens is 2. The summed E-state index contributed by atoms with van der Waals surface area (Å²) in [5.74, 6) is 0.703. The monoisotopic (exact) mass is 521 g/mol. The van der Waals surface area contributed by atoms with E-state index in [0.29, 0.717) is 25.6 Å². The normalized spacial score (nSPS) is 13.0. The van der Waals surface area contributed by atoms with Crippen molar-refractivity contribution in [1.82, 2.24) is 14.9 Å². The van der Waals surface area contributed by atoms with Crippen molar-refractivity contribution in [2.45, 2.75) is 71.3 Å². The Morgan fingerprint density at radius 2 is 2.00 bits per heavy atom. The molecule has 0 aliphatic heterocycles. The number of nitrogens with zero attached hydrogens (tertiary/aromatic N) is 2. The van der Waals surface area contributed by atoms with Gasteiger partial charge in [-0.25, -0.2) is 9.78 Å². The van der Waals surface area contributed by atoms with E-state index in [1.807, 2.05) is 55.8 Å². The maximum absolute atomic E-state index is 12.5. The lowest BCUT2D eigenvalue weighted by atomic mass is 10.1. The van der Waals surface area contributed by atoms with Crippen molar-refractivity contribution >= 4 is 30.1 Å². The number of carbonyl (C=O) groups excluding carboxylic acids is 1. The molecule has 0 unspecified atom stereocenters. The minimum atomic E-state index is -1.19. The average molecular weight is 523 g/mol. The summed E-state index contributed by atoms with van der Waals surface area (Å²) in [6, 6.07) is 8.63. The van der Waals surface area contributed by atoms with Gasteiger partial charge in [0.05, 0.1) is 11.7 Å². The Morgan fingerprint density at radius 3 is 2.59 bits per heavy atom. The standard InChI is InChI=1S/C24H36BrN3O3Si/c1-8-11-20(27-23(29)31-24(2,3)4)22-26-21(18-12-9-10-13-19(18)25)16-28(22)17-30-14-15-32(5,6)7/h8-10,12-13,16,20H,1,11,14-15,17H2,2-7H3,(H,27,29)/t20-/m0/s1. The smallest absolute Gasteiger partial charge is 0.408 e. The summed E-state index contributed by atoms with van der Waals surface area (Å²) in [5, 5.41) is 2.95. The maximum atomic E-state index is 12.5. The van der Waals surface area contributed by atoms with E-state index in [9.17, 15) is 4.79 Å². The maximum Gasteiger partial charge on any atom is 0.408 e. The Bertz CT molecular complexity index is 916. The van der Waals surface area contributed by atoms with Crippen molar-refractivity contribution in [3.05, 3.63) is 53.4 Å². The lowest BCUT2D eigenvalue weighted by molar-refractivity contribution is 0.0492. The van der Waals surface area contributed by atoms with Gasteiger partial charge in [0, 0.05) is 30.9 Å². The number of halogens is 1. The van der Waals surface area contributed by atoms with Crippen molar-refractivity contribution < 1.29 is 14.3 Å². The highest BCUT2D eigenvalue weighted by Crippen LogP contribution is 2.29. The predicted molar refractivity (Wildman–Crippen MR) is 136 cm³/mol. The van der Waals surface area contributed by atoms with E-state index < -0.39 is 19.8 Å². The van der Waals surface area contributed by atoms with E-state index in [0.717, 1.165) is 21.8 Å². The van der Waals surface area contributed by atoms with Gasteiger partial charge in [-0.2, -0.15) is 0 Å². The number of alkyl carbamates (subject to hydrolysis) is 1. The van der Waals surface area contributed by atoms with Crippen LogP contribution in [0.1, 0.15) is 39.1 Å². The summed E-state index contributed by atoms with van der Waals surface area (Å²) in [6.07, 6.45) is 3.77. The molecule has 1 atom stereocenters. The Balaban J connectivity index is 2.33. The molecule has 2 aromatic rings. The molecule has 0 radical (unpaired) electrons. The van der Waals surface area contributed by atoms with Gasteiger partial charge in [0.1, 0.15) is 18.2 Å². The fraction of sp³-hybridized carbons (Fsp3) is 0.500. The van der Waals surface area contributed by atoms with E-state index in [1.54, 1.807) is 6.08 Å². The summed E-state index contributed by atoms with van der Waals surface area (Å²) < 4.78 is 14.4. The molecule has 176 valence electrons. The van der Waals surface area contributed by atoms with Crippen LogP contribution in [-0.4, -0.2) is 35.9 Å². The molecule has 0 saturated carbocycles. The molecular formula is C24H36BrN3O3Si. The van der Waals surface area contributed by atoms with Gasteiger partial charge in [-0.05, 0) is 39.3 Å². The molecule has 1 amide bonds. The van der Waals surface area contributed by atoms with E-state index >= 15 is 0 Å². The van der Waals surface area contributed by atoms with Gasteiger partial charge in [-0.15, -0.1) is 6.58 Å². The van der Waals surface area contributed by atoms with Crippen LogP contribution in [0.15, 0.2) is 47.6 Å². The Kier molecular flexibility index (Phi) is 9.30. The molecule has 0 saturated heterocycles. The van der Waals surface area contributed by atoms with E-state index in [4.69, 9.17) is 14.5 Å². The predicted octanol–water partition coefficient (Wildman–Crippen LogP) is 6.77. The molecule has 1 aromatic heterocycles. The molecule has 2 rings (SSSR count). The van der Waals surface area contributed by atoms with Crippen LogP contribution >= 0.6 is 15.9 Å². The number of hydrogen-bond acceptors (Lipinski definition) is 4. The zero-order valence-electron chi connectivity index (χ0n) is 20.1. The minimum Gasteiger partial charge on any atom is -0.444 e. The number of imidazole rings is 1. The number of hydrogen-bond donors (Lipinski definition) is 1. The van der Waals surface area contributed by atoms with Gasteiger partial charge in [0.15, 0.2) is 0 Å². The van der Waals surface area contributed by atoms with Gasteiger partial charge in [0.25, 0.3) is 0 Å². The van der Waals surface area contributed by atoms with Crippen LogP contribution in [0.4, 0.5) is 4.79 Å². The van der Waals surface area contributed by atoms with Crippen LogP contribution in [0, 0.1) is 0 Å². The SMILES string of the molecule is C=CC[C@H](NC(=O)OC(C)(C)C)c1nc(-c2ccccc2Br)cn1COCC[Si](C)(C)C. The molecule has 0 spiro atoms. The molecule has 0 fully saturated rings. The number of benzene rings is 1. The first-order valence-corrected chi connectivity index (χ1v) is 15.4. The van der Waals surface area contributed by atoms with Crippen molar-refractivity contribution in [2.75, 3.05) is 6.61 Å². The molecular weight excluding hydrogens is 486 g/mol.